The van der Waals surface area contributed by atoms with Gasteiger partial charge in [-0.05, 0) is 38.1 Å². The third-order valence-corrected chi connectivity index (χ3v) is 4.53. The monoisotopic (exact) mass is 370 g/mol. The summed E-state index contributed by atoms with van der Waals surface area (Å²) in [4.78, 5) is 6.48. The first-order valence-electron chi connectivity index (χ1n) is 7.96. The Morgan fingerprint density at radius 3 is 2.88 bits per heavy atom. The van der Waals surface area contributed by atoms with Gasteiger partial charge in [-0.3, -0.25) is 9.89 Å². The van der Waals surface area contributed by atoms with E-state index in [0.29, 0.717) is 28.6 Å². The van der Waals surface area contributed by atoms with E-state index in [1.165, 1.54) is 0 Å². The molecule has 0 radical (unpaired) electrons. The number of nitrogens with zero attached hydrogens (tertiary/aromatic N) is 2. The molecule has 1 fully saturated rings. The van der Waals surface area contributed by atoms with Crippen molar-refractivity contribution in [3.8, 4) is 0 Å². The third-order valence-electron chi connectivity index (χ3n) is 3.79. The predicted octanol–water partition coefficient (Wildman–Crippen LogP) is 3.39. The standard InChI is InChI=1S/C17H24Cl2N4O/c1-12(22-14-3-4-15(18)16(19)10-14)9-17(21-2)24-8-7-23-6-5-13(20)11-23/h3-4,9-10,13,22H,5-8,11,20H2,1-2H3/b12-9-,21-17+. The van der Waals surface area contributed by atoms with E-state index < -0.39 is 0 Å². The summed E-state index contributed by atoms with van der Waals surface area (Å²) < 4.78 is 5.74. The Kier molecular flexibility index (Phi) is 7.37. The van der Waals surface area contributed by atoms with Crippen LogP contribution in [-0.4, -0.2) is 50.1 Å². The molecule has 0 amide bonds. The molecule has 7 heteroatoms. The van der Waals surface area contributed by atoms with Crippen LogP contribution in [0, 0.1) is 0 Å². The molecule has 2 rings (SSSR count). The number of anilines is 1. The van der Waals surface area contributed by atoms with Gasteiger partial charge in [-0.15, -0.1) is 0 Å². The summed E-state index contributed by atoms with van der Waals surface area (Å²) in [6.07, 6.45) is 2.92. The van der Waals surface area contributed by atoms with Crippen molar-refractivity contribution in [2.45, 2.75) is 19.4 Å². The van der Waals surface area contributed by atoms with Crippen LogP contribution in [-0.2, 0) is 4.74 Å². The molecule has 0 aromatic heterocycles. The highest BCUT2D eigenvalue weighted by Gasteiger charge is 2.18. The Balaban J connectivity index is 1.83. The molecule has 0 bridgehead atoms. The average molecular weight is 371 g/mol. The molecule has 1 saturated heterocycles. The minimum Gasteiger partial charge on any atom is -0.477 e. The van der Waals surface area contributed by atoms with Crippen LogP contribution in [0.5, 0.6) is 0 Å². The zero-order chi connectivity index (χ0) is 17.5. The topological polar surface area (TPSA) is 62.9 Å². The van der Waals surface area contributed by atoms with Gasteiger partial charge in [-0.2, -0.15) is 0 Å². The molecule has 1 unspecified atom stereocenters. The van der Waals surface area contributed by atoms with E-state index >= 15 is 0 Å². The van der Waals surface area contributed by atoms with Gasteiger partial charge < -0.3 is 15.8 Å². The summed E-state index contributed by atoms with van der Waals surface area (Å²) in [5, 5.41) is 4.29. The molecule has 1 aromatic carbocycles. The molecule has 1 heterocycles. The van der Waals surface area contributed by atoms with E-state index in [4.69, 9.17) is 33.7 Å². The second-order valence-corrected chi connectivity index (χ2v) is 6.66. The van der Waals surface area contributed by atoms with E-state index in [0.717, 1.165) is 37.4 Å². The molecule has 1 aromatic rings. The molecular weight excluding hydrogens is 347 g/mol. The van der Waals surface area contributed by atoms with Gasteiger partial charge >= 0.3 is 0 Å². The van der Waals surface area contributed by atoms with Crippen LogP contribution >= 0.6 is 23.2 Å². The number of hydrogen-bond acceptors (Lipinski definition) is 5. The van der Waals surface area contributed by atoms with E-state index in [-0.39, 0.29) is 0 Å². The van der Waals surface area contributed by atoms with Crippen molar-refractivity contribution in [2.75, 3.05) is 38.6 Å². The Bertz CT molecular complexity index is 619. The van der Waals surface area contributed by atoms with Gasteiger partial charge in [0.1, 0.15) is 6.61 Å². The molecule has 0 spiro atoms. The van der Waals surface area contributed by atoms with E-state index in [1.54, 1.807) is 19.2 Å². The second kappa shape index (κ2) is 9.28. The fraction of sp³-hybridized carbons (Fsp3) is 0.471. The fourth-order valence-electron chi connectivity index (χ4n) is 2.54. The van der Waals surface area contributed by atoms with Crippen LogP contribution < -0.4 is 11.1 Å². The molecule has 1 aliphatic heterocycles. The van der Waals surface area contributed by atoms with Crippen molar-refractivity contribution in [3.05, 3.63) is 40.0 Å². The van der Waals surface area contributed by atoms with Crippen LogP contribution in [0.25, 0.3) is 0 Å². The molecule has 132 valence electrons. The molecule has 0 aliphatic carbocycles. The quantitative estimate of drug-likeness (QED) is 0.594. The molecule has 3 N–H and O–H groups in total. The summed E-state index contributed by atoms with van der Waals surface area (Å²) in [6.45, 7) is 5.37. The summed E-state index contributed by atoms with van der Waals surface area (Å²) in [7, 11) is 1.71. The van der Waals surface area contributed by atoms with E-state index in [9.17, 15) is 0 Å². The Labute approximate surface area is 153 Å². The number of nitrogens with one attached hydrogen (secondary N) is 1. The number of halogens is 2. The van der Waals surface area contributed by atoms with E-state index in [1.807, 2.05) is 19.1 Å². The smallest absolute Gasteiger partial charge is 0.210 e. The van der Waals surface area contributed by atoms with Crippen LogP contribution in [0.4, 0.5) is 5.69 Å². The molecule has 0 saturated carbocycles. The summed E-state index contributed by atoms with van der Waals surface area (Å²) in [6, 6.07) is 5.69. The minimum absolute atomic E-state index is 0.293. The number of ether oxygens (including phenoxy) is 1. The zero-order valence-electron chi connectivity index (χ0n) is 14.1. The molecular formula is C17H24Cl2N4O. The van der Waals surface area contributed by atoms with Gasteiger partial charge in [0.2, 0.25) is 5.90 Å². The number of allylic oxidation sites excluding steroid dienone is 1. The summed E-state index contributed by atoms with van der Waals surface area (Å²) in [5.74, 6) is 0.587. The van der Waals surface area contributed by atoms with Gasteiger partial charge in [-0.1, -0.05) is 23.2 Å². The number of likely N-dealkylation sites (tertiary alicyclic amines) is 1. The van der Waals surface area contributed by atoms with Gasteiger partial charge in [0.15, 0.2) is 0 Å². The van der Waals surface area contributed by atoms with Gasteiger partial charge in [0.05, 0.1) is 10.0 Å². The Morgan fingerprint density at radius 1 is 1.46 bits per heavy atom. The van der Waals surface area contributed by atoms with Crippen LogP contribution in [0.15, 0.2) is 35.0 Å². The number of aliphatic imine (C=N–C) groups is 1. The SMILES string of the molecule is C/N=C(\C=C(\C)Nc1ccc(Cl)c(Cl)c1)OCCN1CCC(N)C1. The van der Waals surface area contributed by atoms with Crippen molar-refractivity contribution in [3.63, 3.8) is 0 Å². The summed E-state index contributed by atoms with van der Waals surface area (Å²) in [5.41, 5.74) is 7.66. The van der Waals surface area contributed by atoms with Gasteiger partial charge in [0, 0.05) is 43.6 Å². The Hall–Kier alpha value is -1.27. The van der Waals surface area contributed by atoms with Crippen molar-refractivity contribution < 1.29 is 4.74 Å². The van der Waals surface area contributed by atoms with Crippen LogP contribution in [0.1, 0.15) is 13.3 Å². The normalized spacial score (nSPS) is 19.6. The fourth-order valence-corrected chi connectivity index (χ4v) is 2.84. The largest absolute Gasteiger partial charge is 0.477 e. The minimum atomic E-state index is 0.293. The van der Waals surface area contributed by atoms with Crippen molar-refractivity contribution >= 4 is 34.8 Å². The molecule has 1 atom stereocenters. The lowest BCUT2D eigenvalue weighted by molar-refractivity contribution is 0.229. The second-order valence-electron chi connectivity index (χ2n) is 5.84. The first kappa shape index (κ1) is 19.1. The number of nitrogens with two attached hydrogens (primary N) is 1. The lowest BCUT2D eigenvalue weighted by Crippen LogP contribution is -2.29. The van der Waals surface area contributed by atoms with Crippen molar-refractivity contribution in [1.29, 1.82) is 0 Å². The molecule has 1 aliphatic rings. The average Bonchev–Trinajstić information content (AvgIpc) is 2.95. The highest BCUT2D eigenvalue weighted by molar-refractivity contribution is 6.42. The highest BCUT2D eigenvalue weighted by Crippen LogP contribution is 2.25. The maximum Gasteiger partial charge on any atom is 0.210 e. The van der Waals surface area contributed by atoms with Crippen LogP contribution in [0.3, 0.4) is 0 Å². The number of benzene rings is 1. The third kappa shape index (κ3) is 5.98. The number of rotatable bonds is 6. The van der Waals surface area contributed by atoms with Crippen molar-refractivity contribution in [2.24, 2.45) is 10.7 Å². The molecule has 5 nitrogen and oxygen atoms in total. The number of hydrogen-bond donors (Lipinski definition) is 2. The predicted molar refractivity (Wildman–Crippen MR) is 102 cm³/mol. The van der Waals surface area contributed by atoms with Crippen molar-refractivity contribution in [1.82, 2.24) is 4.90 Å². The van der Waals surface area contributed by atoms with E-state index in [2.05, 4.69) is 15.2 Å². The van der Waals surface area contributed by atoms with Crippen LogP contribution in [0.2, 0.25) is 10.0 Å². The van der Waals surface area contributed by atoms with Gasteiger partial charge in [0.25, 0.3) is 0 Å². The first-order valence-corrected chi connectivity index (χ1v) is 8.71. The first-order chi connectivity index (χ1) is 11.5. The Morgan fingerprint density at radius 2 is 2.25 bits per heavy atom. The highest BCUT2D eigenvalue weighted by atomic mass is 35.5. The lowest BCUT2D eigenvalue weighted by atomic mass is 10.3. The molecule has 24 heavy (non-hydrogen) atoms. The lowest BCUT2D eigenvalue weighted by Gasteiger charge is -2.15. The maximum atomic E-state index is 6.02. The zero-order valence-corrected chi connectivity index (χ0v) is 15.6. The van der Waals surface area contributed by atoms with Gasteiger partial charge in [-0.25, -0.2) is 0 Å². The maximum absolute atomic E-state index is 6.02. The summed E-state index contributed by atoms with van der Waals surface area (Å²) >= 11 is 11.9.